The minimum absolute atomic E-state index is 0.307. The quantitative estimate of drug-likeness (QED) is 0.364. The van der Waals surface area contributed by atoms with Crippen molar-refractivity contribution in [2.75, 3.05) is 61.2 Å². The topological polar surface area (TPSA) is 90.0 Å². The number of aryl methyl sites for hydroxylation is 2. The highest BCUT2D eigenvalue weighted by molar-refractivity contribution is 8.00. The largest absolute Gasteiger partial charge is 0.385 e. The molecule has 0 unspecified atom stereocenters. The number of piperazine rings is 1. The average molecular weight is 601 g/mol. The molecule has 3 aromatic carbocycles. The first kappa shape index (κ1) is 28.9. The van der Waals surface area contributed by atoms with Gasteiger partial charge in [-0.1, -0.05) is 35.4 Å². The van der Waals surface area contributed by atoms with Crippen molar-refractivity contribution in [2.45, 2.75) is 35.0 Å². The molecule has 5 rings (SSSR count). The van der Waals surface area contributed by atoms with Crippen LogP contribution in [-0.2, 0) is 20.0 Å². The number of sulfonamides is 2. The Morgan fingerprint density at radius 2 is 1.35 bits per heavy atom. The summed E-state index contributed by atoms with van der Waals surface area (Å²) < 4.78 is 55.9. The van der Waals surface area contributed by atoms with E-state index in [9.17, 15) is 16.8 Å². The molecule has 3 aromatic rings. The third-order valence-electron chi connectivity index (χ3n) is 7.36. The molecule has 0 saturated carbocycles. The highest BCUT2D eigenvalue weighted by Crippen LogP contribution is 2.39. The molecule has 8 nitrogen and oxygen atoms in total. The van der Waals surface area contributed by atoms with Gasteiger partial charge in [-0.2, -0.15) is 4.31 Å². The van der Waals surface area contributed by atoms with E-state index in [4.69, 9.17) is 0 Å². The number of benzene rings is 3. The molecule has 0 radical (unpaired) electrons. The maximum atomic E-state index is 13.4. The van der Waals surface area contributed by atoms with E-state index in [-0.39, 0.29) is 0 Å². The molecule has 2 heterocycles. The van der Waals surface area contributed by atoms with Crippen molar-refractivity contribution in [2.24, 2.45) is 0 Å². The Morgan fingerprint density at radius 1 is 0.750 bits per heavy atom. The van der Waals surface area contributed by atoms with Crippen LogP contribution in [0.3, 0.4) is 0 Å². The molecule has 1 N–H and O–H groups in total. The minimum Gasteiger partial charge on any atom is -0.385 e. The lowest BCUT2D eigenvalue weighted by Gasteiger charge is -2.34. The van der Waals surface area contributed by atoms with Crippen molar-refractivity contribution in [3.8, 4) is 0 Å². The molecular formula is C29H36N4O4S3. The summed E-state index contributed by atoms with van der Waals surface area (Å²) in [5.41, 5.74) is 3.66. The second-order valence-corrected chi connectivity index (χ2v) is 15.2. The predicted molar refractivity (Wildman–Crippen MR) is 162 cm³/mol. The SMILES string of the molecule is Cc1ccc(S(=O)(=O)N2CCN(CCCNc3ccc4c(c3)N(S(=O)(=O)c3ccc(C)cc3)CCS4)CC2)cc1. The van der Waals surface area contributed by atoms with Gasteiger partial charge in [0.1, 0.15) is 0 Å². The number of fused-ring (bicyclic) bond motifs is 1. The van der Waals surface area contributed by atoms with E-state index in [1.165, 1.54) is 4.31 Å². The van der Waals surface area contributed by atoms with E-state index < -0.39 is 20.0 Å². The van der Waals surface area contributed by atoms with Crippen LogP contribution in [-0.4, -0.2) is 77.6 Å². The summed E-state index contributed by atoms with van der Waals surface area (Å²) in [4.78, 5) is 3.92. The smallest absolute Gasteiger partial charge is 0.264 e. The zero-order valence-corrected chi connectivity index (χ0v) is 25.4. The van der Waals surface area contributed by atoms with Gasteiger partial charge < -0.3 is 10.2 Å². The lowest BCUT2D eigenvalue weighted by molar-refractivity contribution is 0.188. The molecule has 0 aromatic heterocycles. The minimum atomic E-state index is -3.64. The first-order valence-electron chi connectivity index (χ1n) is 13.5. The Kier molecular flexibility index (Phi) is 8.77. The van der Waals surface area contributed by atoms with E-state index in [0.29, 0.717) is 54.0 Å². The van der Waals surface area contributed by atoms with Gasteiger partial charge in [0.05, 0.1) is 15.5 Å². The molecule has 1 fully saturated rings. The molecule has 0 spiro atoms. The number of anilines is 2. The highest BCUT2D eigenvalue weighted by Gasteiger charge is 2.30. The van der Waals surface area contributed by atoms with E-state index in [1.807, 2.05) is 56.3 Å². The monoisotopic (exact) mass is 600 g/mol. The zero-order valence-electron chi connectivity index (χ0n) is 22.9. The van der Waals surface area contributed by atoms with Crippen LogP contribution in [0.4, 0.5) is 11.4 Å². The highest BCUT2D eigenvalue weighted by atomic mass is 32.2. The van der Waals surface area contributed by atoms with Gasteiger partial charge in [0.25, 0.3) is 10.0 Å². The Balaban J connectivity index is 1.14. The number of thioether (sulfide) groups is 1. The molecular weight excluding hydrogens is 565 g/mol. The Bertz CT molecular complexity index is 1540. The van der Waals surface area contributed by atoms with Crippen molar-refractivity contribution in [1.29, 1.82) is 0 Å². The zero-order chi connectivity index (χ0) is 28.3. The van der Waals surface area contributed by atoms with Crippen LogP contribution in [0.25, 0.3) is 0 Å². The third kappa shape index (κ3) is 6.33. The summed E-state index contributed by atoms with van der Waals surface area (Å²) in [6.07, 6.45) is 0.891. The predicted octanol–water partition coefficient (Wildman–Crippen LogP) is 4.41. The van der Waals surface area contributed by atoms with Crippen molar-refractivity contribution in [3.63, 3.8) is 0 Å². The maximum Gasteiger partial charge on any atom is 0.264 e. The van der Waals surface area contributed by atoms with Crippen LogP contribution >= 0.6 is 11.8 Å². The molecule has 2 aliphatic rings. The standard InChI is InChI=1S/C29H36N4O4S3/c1-23-4-9-26(10-5-23)39(34,35)32-18-16-31(17-19-32)15-3-14-30-25-8-13-29-28(22-25)33(20-21-38-29)40(36,37)27-11-6-24(2)7-12-27/h4-13,22,30H,3,14-21H2,1-2H3. The summed E-state index contributed by atoms with van der Waals surface area (Å²) in [6, 6.07) is 19.9. The molecule has 0 amide bonds. The molecule has 11 heteroatoms. The fourth-order valence-corrected chi connectivity index (χ4v) is 9.03. The van der Waals surface area contributed by atoms with Crippen LogP contribution < -0.4 is 9.62 Å². The number of rotatable bonds is 9. The summed E-state index contributed by atoms with van der Waals surface area (Å²) in [6.45, 7) is 8.29. The first-order chi connectivity index (χ1) is 19.1. The van der Waals surface area contributed by atoms with Gasteiger partial charge in [-0.05, 0) is 69.3 Å². The Labute approximate surface area is 242 Å². The number of nitrogens with one attached hydrogen (secondary N) is 1. The maximum absolute atomic E-state index is 13.4. The molecule has 40 heavy (non-hydrogen) atoms. The molecule has 2 aliphatic heterocycles. The Hall–Kier alpha value is -2.57. The van der Waals surface area contributed by atoms with Gasteiger partial charge in [0.2, 0.25) is 10.0 Å². The summed E-state index contributed by atoms with van der Waals surface area (Å²) in [5.74, 6) is 0.713. The van der Waals surface area contributed by atoms with Gasteiger partial charge >= 0.3 is 0 Å². The lowest BCUT2D eigenvalue weighted by atomic mass is 10.2. The van der Waals surface area contributed by atoms with Crippen molar-refractivity contribution in [1.82, 2.24) is 9.21 Å². The van der Waals surface area contributed by atoms with Crippen LogP contribution in [0.2, 0.25) is 0 Å². The van der Waals surface area contributed by atoms with Gasteiger partial charge in [-0.15, -0.1) is 11.8 Å². The van der Waals surface area contributed by atoms with Crippen molar-refractivity contribution >= 4 is 43.2 Å². The summed E-state index contributed by atoms with van der Waals surface area (Å²) in [5, 5.41) is 3.45. The van der Waals surface area contributed by atoms with Gasteiger partial charge in [0, 0.05) is 55.6 Å². The number of nitrogens with zero attached hydrogens (tertiary/aromatic N) is 3. The summed E-state index contributed by atoms with van der Waals surface area (Å²) in [7, 11) is -7.10. The van der Waals surface area contributed by atoms with Gasteiger partial charge in [-0.3, -0.25) is 4.31 Å². The van der Waals surface area contributed by atoms with Crippen molar-refractivity contribution in [3.05, 3.63) is 77.9 Å². The normalized spacial score (nSPS) is 17.0. The van der Waals surface area contributed by atoms with E-state index in [2.05, 4.69) is 10.2 Å². The third-order valence-corrected chi connectivity index (χ3v) is 12.1. The van der Waals surface area contributed by atoms with E-state index >= 15 is 0 Å². The number of hydrogen-bond acceptors (Lipinski definition) is 7. The average Bonchev–Trinajstić information content (AvgIpc) is 2.95. The second-order valence-electron chi connectivity index (χ2n) is 10.3. The molecule has 0 bridgehead atoms. The van der Waals surface area contributed by atoms with Crippen LogP contribution in [0.5, 0.6) is 0 Å². The van der Waals surface area contributed by atoms with Crippen LogP contribution in [0, 0.1) is 13.8 Å². The summed E-state index contributed by atoms with van der Waals surface area (Å²) >= 11 is 1.68. The lowest BCUT2D eigenvalue weighted by Crippen LogP contribution is -2.48. The van der Waals surface area contributed by atoms with E-state index in [0.717, 1.165) is 41.2 Å². The molecule has 0 atom stereocenters. The van der Waals surface area contributed by atoms with Crippen molar-refractivity contribution < 1.29 is 16.8 Å². The van der Waals surface area contributed by atoms with E-state index in [1.54, 1.807) is 40.3 Å². The molecule has 1 saturated heterocycles. The fourth-order valence-electron chi connectivity index (χ4n) is 4.98. The van der Waals surface area contributed by atoms with Gasteiger partial charge in [0.15, 0.2) is 0 Å². The van der Waals surface area contributed by atoms with Crippen LogP contribution in [0.15, 0.2) is 81.4 Å². The fraction of sp³-hybridized carbons (Fsp3) is 0.379. The second kappa shape index (κ2) is 12.1. The number of hydrogen-bond donors (Lipinski definition) is 1. The molecule has 214 valence electrons. The van der Waals surface area contributed by atoms with Crippen LogP contribution in [0.1, 0.15) is 17.5 Å². The Morgan fingerprint density at radius 3 is 1.98 bits per heavy atom. The molecule has 0 aliphatic carbocycles. The first-order valence-corrected chi connectivity index (χ1v) is 17.4. The van der Waals surface area contributed by atoms with Gasteiger partial charge in [-0.25, -0.2) is 16.8 Å².